The Labute approximate surface area is 103 Å². The van der Waals surface area contributed by atoms with E-state index in [1.54, 1.807) is 12.3 Å². The highest BCUT2D eigenvalue weighted by atomic mass is 15.0. The molecule has 3 aromatic rings. The topological polar surface area (TPSA) is 95.6 Å². The van der Waals surface area contributed by atoms with E-state index in [4.69, 9.17) is 11.5 Å². The van der Waals surface area contributed by atoms with Gasteiger partial charge < -0.3 is 16.0 Å². The second-order valence-electron chi connectivity index (χ2n) is 4.08. The van der Waals surface area contributed by atoms with E-state index in [9.17, 15) is 0 Å². The van der Waals surface area contributed by atoms with Crippen LogP contribution in [0.1, 0.15) is 0 Å². The molecule has 0 aliphatic rings. The number of nitrogens with two attached hydrogens (primary N) is 2. The van der Waals surface area contributed by atoms with E-state index in [1.165, 1.54) is 6.33 Å². The minimum Gasteiger partial charge on any atom is -0.384 e. The third-order valence-electron chi connectivity index (χ3n) is 2.88. The number of anilines is 2. The molecular formula is C12H12N6. The number of pyridine rings is 1. The molecular weight excluding hydrogens is 228 g/mol. The van der Waals surface area contributed by atoms with Crippen molar-refractivity contribution in [3.05, 3.63) is 30.9 Å². The number of aromatic nitrogens is 4. The number of aryl methyl sites for hydroxylation is 1. The molecule has 3 aromatic heterocycles. The lowest BCUT2D eigenvalue weighted by Gasteiger charge is -2.01. The fraction of sp³-hybridized carbons (Fsp3) is 0.0833. The maximum atomic E-state index is 5.93. The van der Waals surface area contributed by atoms with Gasteiger partial charge in [0.1, 0.15) is 23.6 Å². The minimum atomic E-state index is 0.465. The number of nitrogen functional groups attached to an aromatic ring is 2. The van der Waals surface area contributed by atoms with Gasteiger partial charge in [-0.3, -0.25) is 0 Å². The van der Waals surface area contributed by atoms with Gasteiger partial charge in [0.05, 0.1) is 5.39 Å². The van der Waals surface area contributed by atoms with Crippen LogP contribution in [-0.2, 0) is 7.05 Å². The average molecular weight is 240 g/mol. The molecule has 0 saturated heterocycles. The second kappa shape index (κ2) is 3.69. The molecule has 6 nitrogen and oxygen atoms in total. The van der Waals surface area contributed by atoms with Crippen molar-refractivity contribution in [3.63, 3.8) is 0 Å². The molecule has 6 heteroatoms. The number of hydrogen-bond donors (Lipinski definition) is 2. The molecule has 0 saturated carbocycles. The van der Waals surface area contributed by atoms with Crippen LogP contribution in [0.4, 0.5) is 11.6 Å². The highest BCUT2D eigenvalue weighted by molar-refractivity contribution is 6.00. The largest absolute Gasteiger partial charge is 0.384 e. The van der Waals surface area contributed by atoms with Gasteiger partial charge in [-0.15, -0.1) is 0 Å². The third kappa shape index (κ3) is 1.46. The Bertz CT molecular complexity index is 713. The SMILES string of the molecule is Cn1cc(-c2ccc(N)nc2)c2c(N)ncnc21. The van der Waals surface area contributed by atoms with E-state index in [-0.39, 0.29) is 0 Å². The molecule has 0 unspecified atom stereocenters. The van der Waals surface area contributed by atoms with E-state index in [0.717, 1.165) is 22.2 Å². The van der Waals surface area contributed by atoms with Crippen molar-refractivity contribution in [2.45, 2.75) is 0 Å². The van der Waals surface area contributed by atoms with Crippen LogP contribution in [0.5, 0.6) is 0 Å². The summed E-state index contributed by atoms with van der Waals surface area (Å²) in [5.41, 5.74) is 14.2. The van der Waals surface area contributed by atoms with Crippen molar-refractivity contribution < 1.29 is 0 Å². The van der Waals surface area contributed by atoms with Crippen LogP contribution < -0.4 is 11.5 Å². The van der Waals surface area contributed by atoms with E-state index >= 15 is 0 Å². The first-order valence-corrected chi connectivity index (χ1v) is 5.44. The Kier molecular flexibility index (Phi) is 2.16. The minimum absolute atomic E-state index is 0.465. The van der Waals surface area contributed by atoms with Crippen molar-refractivity contribution in [2.75, 3.05) is 11.5 Å². The van der Waals surface area contributed by atoms with Crippen molar-refractivity contribution in [1.82, 2.24) is 19.5 Å². The van der Waals surface area contributed by atoms with Crippen molar-refractivity contribution in [2.24, 2.45) is 7.05 Å². The summed E-state index contributed by atoms with van der Waals surface area (Å²) in [5.74, 6) is 0.954. The van der Waals surface area contributed by atoms with Gasteiger partial charge in [-0.1, -0.05) is 0 Å². The van der Waals surface area contributed by atoms with Gasteiger partial charge in [-0.2, -0.15) is 0 Å². The fourth-order valence-electron chi connectivity index (χ4n) is 2.02. The van der Waals surface area contributed by atoms with E-state index in [1.807, 2.05) is 23.9 Å². The summed E-state index contributed by atoms with van der Waals surface area (Å²) in [7, 11) is 1.92. The third-order valence-corrected chi connectivity index (χ3v) is 2.88. The molecule has 0 aromatic carbocycles. The maximum absolute atomic E-state index is 5.93. The number of rotatable bonds is 1. The number of nitrogens with zero attached hydrogens (tertiary/aromatic N) is 4. The zero-order valence-corrected chi connectivity index (χ0v) is 9.83. The number of fused-ring (bicyclic) bond motifs is 1. The average Bonchev–Trinajstić information content (AvgIpc) is 2.70. The van der Waals surface area contributed by atoms with Crippen molar-refractivity contribution >= 4 is 22.7 Å². The smallest absolute Gasteiger partial charge is 0.145 e. The standard InChI is InChI=1S/C12H12N6/c1-18-5-8(7-2-3-9(13)15-4-7)10-11(14)16-6-17-12(10)18/h2-6H,1H3,(H2,13,15)(H2,14,16,17). The molecule has 0 aliphatic carbocycles. The highest BCUT2D eigenvalue weighted by Crippen LogP contribution is 2.31. The molecule has 4 N–H and O–H groups in total. The molecule has 0 atom stereocenters. The van der Waals surface area contributed by atoms with Gasteiger partial charge in [-0.05, 0) is 12.1 Å². The summed E-state index contributed by atoms with van der Waals surface area (Å²) >= 11 is 0. The van der Waals surface area contributed by atoms with Crippen LogP contribution >= 0.6 is 0 Å². The maximum Gasteiger partial charge on any atom is 0.145 e. The van der Waals surface area contributed by atoms with Crippen LogP contribution in [0.3, 0.4) is 0 Å². The first-order chi connectivity index (χ1) is 8.66. The van der Waals surface area contributed by atoms with Crippen molar-refractivity contribution in [1.29, 1.82) is 0 Å². The molecule has 0 fully saturated rings. The van der Waals surface area contributed by atoms with Gasteiger partial charge in [0.25, 0.3) is 0 Å². The zero-order valence-electron chi connectivity index (χ0n) is 9.83. The highest BCUT2D eigenvalue weighted by Gasteiger charge is 2.13. The van der Waals surface area contributed by atoms with Crippen LogP contribution in [0.15, 0.2) is 30.9 Å². The second-order valence-corrected chi connectivity index (χ2v) is 4.08. The zero-order chi connectivity index (χ0) is 12.7. The summed E-state index contributed by atoms with van der Waals surface area (Å²) in [5, 5.41) is 0.839. The first kappa shape index (κ1) is 10.5. The Morgan fingerprint density at radius 1 is 1.11 bits per heavy atom. The van der Waals surface area contributed by atoms with Gasteiger partial charge in [-0.25, -0.2) is 15.0 Å². The van der Waals surface area contributed by atoms with Crippen LogP contribution in [-0.4, -0.2) is 19.5 Å². The Morgan fingerprint density at radius 3 is 2.67 bits per heavy atom. The fourth-order valence-corrected chi connectivity index (χ4v) is 2.02. The summed E-state index contributed by atoms with van der Waals surface area (Å²) in [6.45, 7) is 0. The molecule has 3 rings (SSSR count). The Balaban J connectivity index is 2.32. The van der Waals surface area contributed by atoms with Gasteiger partial charge in [0.2, 0.25) is 0 Å². The van der Waals surface area contributed by atoms with E-state index < -0.39 is 0 Å². The van der Waals surface area contributed by atoms with Gasteiger partial charge in [0.15, 0.2) is 0 Å². The molecule has 0 radical (unpaired) electrons. The predicted octanol–water partition coefficient (Wildman–Crippen LogP) is 1.19. The van der Waals surface area contributed by atoms with Crippen LogP contribution in [0.2, 0.25) is 0 Å². The lowest BCUT2D eigenvalue weighted by Crippen LogP contribution is -1.94. The lowest BCUT2D eigenvalue weighted by molar-refractivity contribution is 0.944. The summed E-state index contributed by atoms with van der Waals surface area (Å²) in [6.07, 6.45) is 5.14. The quantitative estimate of drug-likeness (QED) is 0.666. The Hall–Kier alpha value is -2.63. The molecule has 90 valence electrons. The lowest BCUT2D eigenvalue weighted by atomic mass is 10.1. The van der Waals surface area contributed by atoms with Crippen LogP contribution in [0.25, 0.3) is 22.2 Å². The first-order valence-electron chi connectivity index (χ1n) is 5.44. The van der Waals surface area contributed by atoms with Gasteiger partial charge in [0, 0.05) is 30.6 Å². The molecule has 0 spiro atoms. The Morgan fingerprint density at radius 2 is 1.94 bits per heavy atom. The normalized spacial score (nSPS) is 10.9. The molecule has 0 bridgehead atoms. The molecule has 3 heterocycles. The van der Waals surface area contributed by atoms with Crippen LogP contribution in [0, 0.1) is 0 Å². The number of hydrogen-bond acceptors (Lipinski definition) is 5. The summed E-state index contributed by atoms with van der Waals surface area (Å²) in [4.78, 5) is 12.4. The van der Waals surface area contributed by atoms with Gasteiger partial charge >= 0.3 is 0 Å². The van der Waals surface area contributed by atoms with E-state index in [0.29, 0.717) is 11.6 Å². The molecule has 0 aliphatic heterocycles. The molecule has 18 heavy (non-hydrogen) atoms. The predicted molar refractivity (Wildman–Crippen MR) is 70.6 cm³/mol. The van der Waals surface area contributed by atoms with Crippen molar-refractivity contribution in [3.8, 4) is 11.1 Å². The molecule has 0 amide bonds. The summed E-state index contributed by atoms with van der Waals surface area (Å²) < 4.78 is 1.92. The van der Waals surface area contributed by atoms with E-state index in [2.05, 4.69) is 15.0 Å². The summed E-state index contributed by atoms with van der Waals surface area (Å²) in [6, 6.07) is 3.66. The monoisotopic (exact) mass is 240 g/mol.